The van der Waals surface area contributed by atoms with Crippen LogP contribution in [0.4, 0.5) is 0 Å². The largest absolute Gasteiger partial charge is 0.336 e. The normalized spacial score (nSPS) is 22.3. The molecule has 2 fully saturated rings. The predicted molar refractivity (Wildman–Crippen MR) is 101 cm³/mol. The van der Waals surface area contributed by atoms with Gasteiger partial charge in [-0.1, -0.05) is 26.7 Å². The zero-order valence-corrected chi connectivity index (χ0v) is 16.8. The lowest BCUT2D eigenvalue weighted by molar-refractivity contribution is 0.0720. The molecule has 1 aromatic heterocycles. The van der Waals surface area contributed by atoms with Crippen LogP contribution in [0.2, 0.25) is 0 Å². The van der Waals surface area contributed by atoms with Crippen molar-refractivity contribution in [2.75, 3.05) is 13.1 Å². The molecule has 8 heteroatoms. The number of aromatic nitrogens is 2. The minimum Gasteiger partial charge on any atom is -0.336 e. The third-order valence-corrected chi connectivity index (χ3v) is 7.44. The van der Waals surface area contributed by atoms with E-state index in [1.165, 1.54) is 0 Å². The van der Waals surface area contributed by atoms with Gasteiger partial charge >= 0.3 is 0 Å². The van der Waals surface area contributed by atoms with E-state index in [1.807, 2.05) is 13.1 Å². The predicted octanol–water partition coefficient (Wildman–Crippen LogP) is 2.01. The van der Waals surface area contributed by atoms with E-state index in [4.69, 9.17) is 0 Å². The summed E-state index contributed by atoms with van der Waals surface area (Å²) < 4.78 is 30.1. The Morgan fingerprint density at radius 3 is 2.54 bits per heavy atom. The zero-order valence-electron chi connectivity index (χ0n) is 15.9. The molecule has 0 bridgehead atoms. The van der Waals surface area contributed by atoms with Gasteiger partial charge in [-0.2, -0.15) is 5.10 Å². The van der Waals surface area contributed by atoms with Crippen molar-refractivity contribution in [3.05, 3.63) is 17.5 Å². The van der Waals surface area contributed by atoms with E-state index in [1.54, 1.807) is 9.58 Å². The Bertz CT molecular complexity index is 750. The van der Waals surface area contributed by atoms with Crippen LogP contribution >= 0.6 is 0 Å². The highest BCUT2D eigenvalue weighted by atomic mass is 32.2. The summed E-state index contributed by atoms with van der Waals surface area (Å²) in [7, 11) is -1.57. The molecule has 26 heavy (non-hydrogen) atoms. The molecular formula is C18H30N4O3S. The fourth-order valence-corrected chi connectivity index (χ4v) is 5.78. The topological polar surface area (TPSA) is 84.3 Å². The molecular weight excluding hydrogens is 352 g/mol. The average Bonchev–Trinajstić information content (AvgIpc) is 3.23. The van der Waals surface area contributed by atoms with Gasteiger partial charge in [-0.25, -0.2) is 13.1 Å². The van der Waals surface area contributed by atoms with Crippen LogP contribution in [0.3, 0.4) is 0 Å². The Labute approximate surface area is 156 Å². The lowest BCUT2D eigenvalue weighted by Gasteiger charge is -2.32. The molecule has 1 aliphatic carbocycles. The molecule has 2 heterocycles. The van der Waals surface area contributed by atoms with Gasteiger partial charge in [0.15, 0.2) is 5.69 Å². The van der Waals surface area contributed by atoms with E-state index in [9.17, 15) is 13.2 Å². The van der Waals surface area contributed by atoms with E-state index < -0.39 is 15.3 Å². The highest BCUT2D eigenvalue weighted by Crippen LogP contribution is 2.23. The van der Waals surface area contributed by atoms with Gasteiger partial charge in [-0.3, -0.25) is 9.48 Å². The van der Waals surface area contributed by atoms with Crippen LogP contribution in [0.5, 0.6) is 0 Å². The molecule has 0 aromatic carbocycles. The quantitative estimate of drug-likeness (QED) is 0.844. The number of carbonyl (C=O) groups is 1. The molecule has 1 amide bonds. The molecule has 1 saturated heterocycles. The Balaban J connectivity index is 1.69. The summed E-state index contributed by atoms with van der Waals surface area (Å²) in [4.78, 5) is 14.5. The first-order valence-corrected chi connectivity index (χ1v) is 11.2. The third-order valence-electron chi connectivity index (χ3n) is 5.52. The summed E-state index contributed by atoms with van der Waals surface area (Å²) in [6, 6.07) is 1.89. The van der Waals surface area contributed by atoms with Gasteiger partial charge in [-0.05, 0) is 37.7 Å². The van der Waals surface area contributed by atoms with Crippen LogP contribution in [0.1, 0.15) is 74.5 Å². The van der Waals surface area contributed by atoms with Crippen LogP contribution in [-0.2, 0) is 17.1 Å². The van der Waals surface area contributed by atoms with Crippen LogP contribution < -0.4 is 4.72 Å². The third kappa shape index (κ3) is 4.11. The van der Waals surface area contributed by atoms with Gasteiger partial charge in [0.25, 0.3) is 5.91 Å². The first kappa shape index (κ1) is 19.4. The van der Waals surface area contributed by atoms with Crippen LogP contribution in [0.15, 0.2) is 6.07 Å². The summed E-state index contributed by atoms with van der Waals surface area (Å²) in [5.41, 5.74) is 1.40. The van der Waals surface area contributed by atoms with Gasteiger partial charge < -0.3 is 4.90 Å². The second-order valence-corrected chi connectivity index (χ2v) is 9.88. The number of sulfonamides is 1. The summed E-state index contributed by atoms with van der Waals surface area (Å²) in [6.45, 7) is 4.95. The first-order valence-electron chi connectivity index (χ1n) is 9.62. The number of likely N-dealkylation sites (tertiary alicyclic amines) is 1. The van der Waals surface area contributed by atoms with Crippen molar-refractivity contribution in [2.24, 2.45) is 7.05 Å². The molecule has 2 aliphatic rings. The molecule has 0 spiro atoms. The van der Waals surface area contributed by atoms with Crippen molar-refractivity contribution in [2.45, 2.75) is 69.6 Å². The molecule has 1 aliphatic heterocycles. The number of amides is 1. The lowest BCUT2D eigenvalue weighted by Crippen LogP contribution is -2.50. The maximum Gasteiger partial charge on any atom is 0.274 e. The Kier molecular flexibility index (Phi) is 5.72. The molecule has 0 unspecified atom stereocenters. The van der Waals surface area contributed by atoms with Crippen molar-refractivity contribution in [1.82, 2.24) is 19.4 Å². The Morgan fingerprint density at radius 2 is 1.92 bits per heavy atom. The van der Waals surface area contributed by atoms with E-state index in [0.717, 1.165) is 31.4 Å². The second kappa shape index (κ2) is 7.68. The Hall–Kier alpha value is -1.41. The summed E-state index contributed by atoms with van der Waals surface area (Å²) in [6.07, 6.45) is 5.30. The van der Waals surface area contributed by atoms with E-state index in [-0.39, 0.29) is 24.4 Å². The molecule has 1 atom stereocenters. The molecule has 1 aromatic rings. The second-order valence-electron chi connectivity index (χ2n) is 7.89. The molecule has 7 nitrogen and oxygen atoms in total. The molecule has 1 N–H and O–H groups in total. The Morgan fingerprint density at radius 1 is 1.23 bits per heavy atom. The average molecular weight is 383 g/mol. The SMILES string of the molecule is CC(C)c1cc(C(=O)N2CCC[C@@H](S(=O)(=O)NC3CCCC3)C2)nn1C. The number of nitrogens with zero attached hydrogens (tertiary/aromatic N) is 3. The van der Waals surface area contributed by atoms with Crippen molar-refractivity contribution >= 4 is 15.9 Å². The minimum absolute atomic E-state index is 0.0652. The van der Waals surface area contributed by atoms with Crippen LogP contribution in [0, 0.1) is 0 Å². The monoisotopic (exact) mass is 382 g/mol. The first-order chi connectivity index (χ1) is 12.3. The van der Waals surface area contributed by atoms with Gasteiger partial charge in [0.2, 0.25) is 10.0 Å². The fraction of sp³-hybridized carbons (Fsp3) is 0.778. The van der Waals surface area contributed by atoms with E-state index >= 15 is 0 Å². The number of rotatable bonds is 5. The fourth-order valence-electron chi connectivity index (χ4n) is 4.04. The van der Waals surface area contributed by atoms with E-state index in [2.05, 4.69) is 23.7 Å². The number of piperidine rings is 1. The number of nitrogens with one attached hydrogen (secondary N) is 1. The van der Waals surface area contributed by atoms with Gasteiger partial charge in [0.05, 0.1) is 5.25 Å². The molecule has 146 valence electrons. The zero-order chi connectivity index (χ0) is 18.9. The van der Waals surface area contributed by atoms with Crippen molar-refractivity contribution in [3.8, 4) is 0 Å². The summed E-state index contributed by atoms with van der Waals surface area (Å²) in [5, 5.41) is 3.80. The molecule has 3 rings (SSSR count). The highest BCUT2D eigenvalue weighted by Gasteiger charge is 2.35. The van der Waals surface area contributed by atoms with Crippen LogP contribution in [0.25, 0.3) is 0 Å². The lowest BCUT2D eigenvalue weighted by atomic mass is 10.1. The number of aryl methyl sites for hydroxylation is 1. The highest BCUT2D eigenvalue weighted by molar-refractivity contribution is 7.90. The maximum absolute atomic E-state index is 12.8. The van der Waals surface area contributed by atoms with Crippen molar-refractivity contribution in [3.63, 3.8) is 0 Å². The minimum atomic E-state index is -3.40. The number of carbonyl (C=O) groups excluding carboxylic acids is 1. The number of hydrogen-bond acceptors (Lipinski definition) is 4. The number of hydrogen-bond donors (Lipinski definition) is 1. The molecule has 0 radical (unpaired) electrons. The standard InChI is InChI=1S/C18H30N4O3S/c1-13(2)17-11-16(19-21(17)3)18(23)22-10-6-9-15(12-22)26(24,25)20-14-7-4-5-8-14/h11,13-15,20H,4-10,12H2,1-3H3/t15-/m1/s1. The van der Waals surface area contributed by atoms with Crippen molar-refractivity contribution < 1.29 is 13.2 Å². The van der Waals surface area contributed by atoms with Gasteiger partial charge in [0.1, 0.15) is 0 Å². The van der Waals surface area contributed by atoms with E-state index in [0.29, 0.717) is 25.1 Å². The van der Waals surface area contributed by atoms with Crippen LogP contribution in [-0.4, -0.2) is 53.4 Å². The van der Waals surface area contributed by atoms with Gasteiger partial charge in [-0.15, -0.1) is 0 Å². The summed E-state index contributed by atoms with van der Waals surface area (Å²) >= 11 is 0. The smallest absolute Gasteiger partial charge is 0.274 e. The van der Waals surface area contributed by atoms with Crippen molar-refractivity contribution in [1.29, 1.82) is 0 Å². The maximum atomic E-state index is 12.8. The van der Waals surface area contributed by atoms with Gasteiger partial charge in [0, 0.05) is 31.9 Å². The summed E-state index contributed by atoms with van der Waals surface area (Å²) in [5.74, 6) is 0.104. The molecule has 1 saturated carbocycles.